The summed E-state index contributed by atoms with van der Waals surface area (Å²) in [4.78, 5) is 24.7. The molecule has 2 N–H and O–H groups in total. The van der Waals surface area contributed by atoms with Crippen LogP contribution >= 0.6 is 0 Å². The molecule has 0 saturated carbocycles. The smallest absolute Gasteiger partial charge is 0.254 e. The maximum atomic E-state index is 12.4. The Balaban J connectivity index is 1.62. The van der Waals surface area contributed by atoms with Crippen molar-refractivity contribution in [1.82, 2.24) is 20.4 Å². The van der Waals surface area contributed by atoms with E-state index >= 15 is 0 Å². The predicted molar refractivity (Wildman–Crippen MR) is 94.4 cm³/mol. The van der Waals surface area contributed by atoms with Crippen LogP contribution in [-0.2, 0) is 17.7 Å². The second-order valence-electron chi connectivity index (χ2n) is 6.04. The van der Waals surface area contributed by atoms with Crippen molar-refractivity contribution in [3.8, 4) is 5.75 Å². The third kappa shape index (κ3) is 3.85. The second-order valence-corrected chi connectivity index (χ2v) is 6.04. The Morgan fingerprint density at radius 3 is 2.92 bits per heavy atom. The monoisotopic (exact) mass is 358 g/mol. The first kappa shape index (κ1) is 17.9. The highest BCUT2D eigenvalue weighted by Crippen LogP contribution is 2.20. The zero-order chi connectivity index (χ0) is 18.5. The van der Waals surface area contributed by atoms with Crippen molar-refractivity contribution in [2.24, 2.45) is 0 Å². The van der Waals surface area contributed by atoms with Crippen molar-refractivity contribution in [1.29, 1.82) is 0 Å². The van der Waals surface area contributed by atoms with Crippen molar-refractivity contribution >= 4 is 11.8 Å². The average molecular weight is 358 g/mol. The van der Waals surface area contributed by atoms with Crippen molar-refractivity contribution in [3.63, 3.8) is 0 Å². The first-order chi connectivity index (χ1) is 12.6. The number of methoxy groups -OCH3 is 2. The molecule has 0 bridgehead atoms. The maximum Gasteiger partial charge on any atom is 0.254 e. The number of benzene rings is 1. The number of fused-ring (bicyclic) bond motifs is 1. The molecule has 1 aromatic heterocycles. The number of hydrogen-bond donors (Lipinski definition) is 2. The molecule has 0 radical (unpaired) electrons. The fourth-order valence-corrected chi connectivity index (χ4v) is 2.97. The number of hydrogen-bond acceptors (Lipinski definition) is 5. The minimum Gasteiger partial charge on any atom is -0.497 e. The second kappa shape index (κ2) is 8.01. The zero-order valence-electron chi connectivity index (χ0n) is 14.8. The summed E-state index contributed by atoms with van der Waals surface area (Å²) in [7, 11) is 3.14. The van der Waals surface area contributed by atoms with E-state index in [0.717, 1.165) is 5.69 Å². The Labute approximate surface area is 151 Å². The minimum atomic E-state index is -0.178. The van der Waals surface area contributed by atoms with E-state index in [-0.39, 0.29) is 17.9 Å². The lowest BCUT2D eigenvalue weighted by Gasteiger charge is -2.12. The van der Waals surface area contributed by atoms with Crippen LogP contribution in [0.1, 0.15) is 26.4 Å². The molecular weight excluding hydrogens is 336 g/mol. The lowest BCUT2D eigenvalue weighted by atomic mass is 10.1. The number of aromatic nitrogens is 2. The molecule has 0 saturated heterocycles. The van der Waals surface area contributed by atoms with Gasteiger partial charge in [0.2, 0.25) is 0 Å². The van der Waals surface area contributed by atoms with Crippen LogP contribution in [-0.4, -0.2) is 55.0 Å². The van der Waals surface area contributed by atoms with Crippen LogP contribution in [0.3, 0.4) is 0 Å². The number of nitrogens with one attached hydrogen (secondary N) is 2. The lowest BCUT2D eigenvalue weighted by Crippen LogP contribution is -2.36. The number of ether oxygens (including phenoxy) is 2. The summed E-state index contributed by atoms with van der Waals surface area (Å²) >= 11 is 0. The zero-order valence-corrected chi connectivity index (χ0v) is 14.8. The molecule has 1 atom stereocenters. The molecule has 1 unspecified atom stereocenters. The van der Waals surface area contributed by atoms with Crippen LogP contribution in [0.25, 0.3) is 0 Å². The number of amides is 2. The number of carbonyl (C=O) groups excluding carboxylic acids is 2. The highest BCUT2D eigenvalue weighted by Gasteiger charge is 2.28. The molecule has 2 heterocycles. The summed E-state index contributed by atoms with van der Waals surface area (Å²) in [6.45, 7) is 1.43. The highest BCUT2D eigenvalue weighted by molar-refractivity contribution is 5.96. The molecule has 3 rings (SSSR count). The first-order valence-corrected chi connectivity index (χ1v) is 8.39. The molecule has 138 valence electrons. The molecule has 1 aliphatic rings. The van der Waals surface area contributed by atoms with E-state index in [1.54, 1.807) is 49.4 Å². The van der Waals surface area contributed by atoms with Gasteiger partial charge in [-0.1, -0.05) is 6.07 Å². The van der Waals surface area contributed by atoms with Crippen LogP contribution in [0.4, 0.5) is 0 Å². The number of rotatable bonds is 7. The molecule has 1 aromatic carbocycles. The Kier molecular flexibility index (Phi) is 5.52. The van der Waals surface area contributed by atoms with Gasteiger partial charge < -0.3 is 20.1 Å². The summed E-state index contributed by atoms with van der Waals surface area (Å²) in [6.07, 6.45) is 2.13. The fraction of sp³-hybridized carbons (Fsp3) is 0.389. The molecule has 26 heavy (non-hydrogen) atoms. The van der Waals surface area contributed by atoms with E-state index in [1.165, 1.54) is 0 Å². The minimum absolute atomic E-state index is 0.108. The van der Waals surface area contributed by atoms with Crippen molar-refractivity contribution in [3.05, 3.63) is 47.3 Å². The van der Waals surface area contributed by atoms with Gasteiger partial charge >= 0.3 is 0 Å². The van der Waals surface area contributed by atoms with E-state index in [9.17, 15) is 9.59 Å². The summed E-state index contributed by atoms with van der Waals surface area (Å²) < 4.78 is 11.8. The molecule has 0 aliphatic carbocycles. The molecule has 0 fully saturated rings. The Bertz CT molecular complexity index is 802. The Morgan fingerprint density at radius 1 is 1.31 bits per heavy atom. The van der Waals surface area contributed by atoms with E-state index in [2.05, 4.69) is 15.7 Å². The summed E-state index contributed by atoms with van der Waals surface area (Å²) in [5.74, 6) is 0.279. The van der Waals surface area contributed by atoms with Crippen molar-refractivity contribution in [2.45, 2.75) is 19.0 Å². The molecule has 8 heteroatoms. The van der Waals surface area contributed by atoms with E-state index in [4.69, 9.17) is 9.47 Å². The quantitative estimate of drug-likeness (QED) is 0.708. The van der Waals surface area contributed by atoms with Gasteiger partial charge in [0.15, 0.2) is 0 Å². The SMILES string of the molecule is COCCNC(=O)c1cnn2c1CC(NC(=O)c1cccc(OC)c1)C2. The van der Waals surface area contributed by atoms with Crippen LogP contribution in [0.2, 0.25) is 0 Å². The molecule has 8 nitrogen and oxygen atoms in total. The summed E-state index contributed by atoms with van der Waals surface area (Å²) in [5, 5.41) is 10.0. The van der Waals surface area contributed by atoms with Gasteiger partial charge in [0.1, 0.15) is 5.75 Å². The molecule has 2 amide bonds. The summed E-state index contributed by atoms with van der Waals surface area (Å²) in [6, 6.07) is 6.88. The first-order valence-electron chi connectivity index (χ1n) is 8.39. The van der Waals surface area contributed by atoms with Gasteiger partial charge in [0.25, 0.3) is 11.8 Å². The Morgan fingerprint density at radius 2 is 2.15 bits per heavy atom. The number of nitrogens with zero attached hydrogens (tertiary/aromatic N) is 2. The average Bonchev–Trinajstić information content (AvgIpc) is 3.21. The standard InChI is InChI=1S/C18H22N4O4/c1-25-7-6-19-18(24)15-10-20-22-11-13(9-16(15)22)21-17(23)12-4-3-5-14(8-12)26-2/h3-5,8,10,13H,6-7,9,11H2,1-2H3,(H,19,24)(H,21,23). The van der Waals surface area contributed by atoms with Crippen LogP contribution in [0.5, 0.6) is 5.75 Å². The van der Waals surface area contributed by atoms with Crippen molar-refractivity contribution in [2.75, 3.05) is 27.4 Å². The Hall–Kier alpha value is -2.87. The fourth-order valence-electron chi connectivity index (χ4n) is 2.97. The third-order valence-electron chi connectivity index (χ3n) is 4.29. The third-order valence-corrected chi connectivity index (χ3v) is 4.29. The highest BCUT2D eigenvalue weighted by atomic mass is 16.5. The summed E-state index contributed by atoms with van der Waals surface area (Å²) in [5.41, 5.74) is 1.90. The van der Waals surface area contributed by atoms with Crippen LogP contribution in [0.15, 0.2) is 30.5 Å². The van der Waals surface area contributed by atoms with Gasteiger partial charge in [-0.3, -0.25) is 14.3 Å². The predicted octanol–water partition coefficient (Wildman–Crippen LogP) is 0.623. The van der Waals surface area contributed by atoms with E-state index in [0.29, 0.717) is 43.0 Å². The maximum absolute atomic E-state index is 12.4. The largest absolute Gasteiger partial charge is 0.497 e. The molecular formula is C18H22N4O4. The van der Waals surface area contributed by atoms with Gasteiger partial charge in [0.05, 0.1) is 43.8 Å². The topological polar surface area (TPSA) is 94.5 Å². The van der Waals surface area contributed by atoms with Gasteiger partial charge in [-0.15, -0.1) is 0 Å². The normalized spacial score (nSPS) is 15.4. The van der Waals surface area contributed by atoms with Crippen molar-refractivity contribution < 1.29 is 19.1 Å². The van der Waals surface area contributed by atoms with E-state index < -0.39 is 0 Å². The van der Waals surface area contributed by atoms with Gasteiger partial charge in [0, 0.05) is 25.6 Å². The lowest BCUT2D eigenvalue weighted by molar-refractivity contribution is 0.0931. The van der Waals surface area contributed by atoms with Gasteiger partial charge in [-0.2, -0.15) is 5.10 Å². The van der Waals surface area contributed by atoms with Crippen LogP contribution in [0, 0.1) is 0 Å². The van der Waals surface area contributed by atoms with E-state index in [1.807, 2.05) is 0 Å². The van der Waals surface area contributed by atoms with Gasteiger partial charge in [-0.25, -0.2) is 0 Å². The van der Waals surface area contributed by atoms with Gasteiger partial charge in [-0.05, 0) is 18.2 Å². The molecule has 0 spiro atoms. The molecule has 1 aliphatic heterocycles. The number of carbonyl (C=O) groups is 2. The molecule has 2 aromatic rings. The van der Waals surface area contributed by atoms with Crippen LogP contribution < -0.4 is 15.4 Å².